The number of rotatable bonds is 6. The highest BCUT2D eigenvalue weighted by atomic mass is 35.5. The molecule has 1 aromatic carbocycles. The standard InChI is InChI=1S/C36H42Cl2N6O4/c1-20(27-13-36(27,37)38)10-29(46)28-14-35-15-30(35)44(28)32(48)18-43-34-23(8-6-4-5-7-9-31(47)41-19-35)11-24(25-16-39-22(3)40-17-25)12-26(34)33(42-43)21(2)45/h11-12,16-17,20,27-28,30H,4-10,13-15,18-19H2,1-3H3,(H,41,47)/t20-,27-,28+,30-,35+/m1/s1. The average Bonchev–Trinajstić information content (AvgIpc) is 3.81. The SMILES string of the molecule is CC(=O)c1nn2c3c(cc(-c4cnc(C)nc4)cc13)CCCCCCC(=O)NC[C@@]13C[C@@H](C(=O)C[C@@H](C)[C@H]4CC4(Cl)Cl)N(C(=O)C2)[C@@H]1C3. The van der Waals surface area contributed by atoms with Crippen molar-refractivity contribution in [2.24, 2.45) is 17.3 Å². The summed E-state index contributed by atoms with van der Waals surface area (Å²) in [5.41, 5.74) is 3.44. The van der Waals surface area contributed by atoms with Gasteiger partial charge in [0.05, 0.1) is 11.6 Å². The highest BCUT2D eigenvalue weighted by Crippen LogP contribution is 2.61. The number of aryl methyl sites for hydroxylation is 2. The number of hydrogen-bond donors (Lipinski definition) is 1. The number of nitrogens with one attached hydrogen (secondary N) is 1. The van der Waals surface area contributed by atoms with Crippen molar-refractivity contribution < 1.29 is 19.2 Å². The minimum atomic E-state index is -0.791. The van der Waals surface area contributed by atoms with Crippen LogP contribution in [-0.2, 0) is 27.3 Å². The molecule has 4 heterocycles. The molecule has 12 heteroatoms. The molecule has 7 rings (SSSR count). The van der Waals surface area contributed by atoms with Gasteiger partial charge in [0.15, 0.2) is 11.6 Å². The number of halogens is 2. The summed E-state index contributed by atoms with van der Waals surface area (Å²) in [5.74, 6) is 0.323. The third-order valence-electron chi connectivity index (χ3n) is 11.1. The number of Topliss-reactive ketones (excluding diaryl/α,β-unsaturated/α-hetero) is 2. The number of aromatic nitrogens is 4. The molecule has 2 amide bonds. The average molecular weight is 694 g/mol. The van der Waals surface area contributed by atoms with E-state index in [2.05, 4.69) is 21.4 Å². The highest BCUT2D eigenvalue weighted by Gasteiger charge is 2.67. The third kappa shape index (κ3) is 6.26. The molecule has 2 aromatic heterocycles. The maximum absolute atomic E-state index is 14.4. The Hall–Kier alpha value is -3.37. The molecular formula is C36H42Cl2N6O4. The van der Waals surface area contributed by atoms with Crippen LogP contribution < -0.4 is 5.32 Å². The summed E-state index contributed by atoms with van der Waals surface area (Å²) < 4.78 is 0.881. The number of nitrogens with zero attached hydrogens (tertiary/aromatic N) is 5. The monoisotopic (exact) mass is 692 g/mol. The molecule has 0 radical (unpaired) electrons. The van der Waals surface area contributed by atoms with Crippen LogP contribution in [0.4, 0.5) is 0 Å². The molecule has 0 spiro atoms. The Morgan fingerprint density at radius 2 is 1.73 bits per heavy atom. The van der Waals surface area contributed by atoms with Crippen LogP contribution in [0.25, 0.3) is 22.0 Å². The van der Waals surface area contributed by atoms with Crippen LogP contribution in [0.5, 0.6) is 0 Å². The first-order valence-electron chi connectivity index (χ1n) is 17.2. The smallest absolute Gasteiger partial charge is 0.245 e. The van der Waals surface area contributed by atoms with E-state index in [9.17, 15) is 19.2 Å². The maximum Gasteiger partial charge on any atom is 0.245 e. The number of alkyl halides is 2. The van der Waals surface area contributed by atoms with Crippen LogP contribution in [0, 0.1) is 24.2 Å². The molecule has 2 aliphatic heterocycles. The van der Waals surface area contributed by atoms with E-state index in [0.29, 0.717) is 49.1 Å². The van der Waals surface area contributed by atoms with Gasteiger partial charge in [-0.2, -0.15) is 5.10 Å². The molecule has 3 aromatic rings. The summed E-state index contributed by atoms with van der Waals surface area (Å²) in [6.07, 6.45) is 10.4. The maximum atomic E-state index is 14.4. The first-order valence-corrected chi connectivity index (χ1v) is 17.9. The molecule has 0 unspecified atom stereocenters. The number of piperidine rings is 1. The van der Waals surface area contributed by atoms with Crippen molar-refractivity contribution in [3.63, 3.8) is 0 Å². The van der Waals surface area contributed by atoms with Gasteiger partial charge in [0.2, 0.25) is 11.8 Å². The summed E-state index contributed by atoms with van der Waals surface area (Å²) in [6, 6.07) is 3.28. The first-order chi connectivity index (χ1) is 22.9. The zero-order valence-electron chi connectivity index (χ0n) is 27.7. The fraction of sp³-hybridized carbons (Fsp3) is 0.583. The fourth-order valence-corrected chi connectivity index (χ4v) is 8.93. The topological polar surface area (TPSA) is 127 Å². The molecule has 2 saturated carbocycles. The number of carbonyl (C=O) groups is 4. The lowest BCUT2D eigenvalue weighted by molar-refractivity contribution is -0.139. The second kappa shape index (κ2) is 12.5. The van der Waals surface area contributed by atoms with Gasteiger partial charge in [0.25, 0.3) is 0 Å². The van der Waals surface area contributed by atoms with Gasteiger partial charge < -0.3 is 10.2 Å². The van der Waals surface area contributed by atoms with Crippen LogP contribution in [0.1, 0.15) is 93.5 Å². The lowest BCUT2D eigenvalue weighted by Crippen LogP contribution is -2.45. The van der Waals surface area contributed by atoms with Crippen molar-refractivity contribution in [2.45, 2.75) is 108 Å². The molecule has 2 bridgehead atoms. The van der Waals surface area contributed by atoms with Crippen LogP contribution in [0.2, 0.25) is 0 Å². The van der Waals surface area contributed by atoms with E-state index in [-0.39, 0.29) is 59.6 Å². The Balaban J connectivity index is 1.26. The number of amides is 2. The van der Waals surface area contributed by atoms with Gasteiger partial charge in [-0.1, -0.05) is 19.8 Å². The van der Waals surface area contributed by atoms with Gasteiger partial charge >= 0.3 is 0 Å². The molecule has 1 saturated heterocycles. The third-order valence-corrected chi connectivity index (χ3v) is 11.9. The molecule has 10 nitrogen and oxygen atoms in total. The van der Waals surface area contributed by atoms with E-state index in [1.807, 2.05) is 19.9 Å². The molecule has 3 fully saturated rings. The Morgan fingerprint density at radius 1 is 1.02 bits per heavy atom. The van der Waals surface area contributed by atoms with Crippen molar-refractivity contribution in [3.05, 3.63) is 41.6 Å². The number of benzene rings is 1. The Bertz CT molecular complexity index is 1810. The largest absolute Gasteiger partial charge is 0.355 e. The molecule has 1 N–H and O–H groups in total. The lowest BCUT2D eigenvalue weighted by Gasteiger charge is -2.28. The Labute approximate surface area is 290 Å². The van der Waals surface area contributed by atoms with E-state index >= 15 is 0 Å². The van der Waals surface area contributed by atoms with Gasteiger partial charge in [-0.25, -0.2) is 9.97 Å². The Kier molecular flexibility index (Phi) is 8.63. The van der Waals surface area contributed by atoms with E-state index in [4.69, 9.17) is 28.3 Å². The van der Waals surface area contributed by atoms with Gasteiger partial charge in [-0.3, -0.25) is 23.9 Å². The summed E-state index contributed by atoms with van der Waals surface area (Å²) in [7, 11) is 0. The zero-order chi connectivity index (χ0) is 34.0. The molecule has 2 aliphatic carbocycles. The van der Waals surface area contributed by atoms with Crippen molar-refractivity contribution in [1.82, 2.24) is 30.0 Å². The number of carbonyl (C=O) groups excluding carboxylic acids is 4. The first kappa shape index (κ1) is 33.1. The molecule has 5 atom stereocenters. The summed E-state index contributed by atoms with van der Waals surface area (Å²) >= 11 is 12.7. The second-order valence-corrected chi connectivity index (χ2v) is 16.2. The summed E-state index contributed by atoms with van der Waals surface area (Å²) in [6.45, 7) is 5.67. The molecular weight excluding hydrogens is 651 g/mol. The van der Waals surface area contributed by atoms with Gasteiger partial charge in [0, 0.05) is 61.1 Å². The van der Waals surface area contributed by atoms with Crippen molar-refractivity contribution >= 4 is 57.5 Å². The van der Waals surface area contributed by atoms with Gasteiger partial charge in [-0.05, 0) is 80.5 Å². The predicted molar refractivity (Wildman–Crippen MR) is 183 cm³/mol. The number of ketones is 2. The van der Waals surface area contributed by atoms with Gasteiger partial charge in [-0.15, -0.1) is 23.2 Å². The quantitative estimate of drug-likeness (QED) is 0.256. The van der Waals surface area contributed by atoms with E-state index in [1.165, 1.54) is 6.92 Å². The summed E-state index contributed by atoms with van der Waals surface area (Å²) in [4.78, 5) is 64.6. The fourth-order valence-electron chi connectivity index (χ4n) is 8.17. The van der Waals surface area contributed by atoms with Crippen LogP contribution >= 0.6 is 23.2 Å². The second-order valence-electron chi connectivity index (χ2n) is 14.6. The van der Waals surface area contributed by atoms with Crippen LogP contribution in [0.3, 0.4) is 0 Å². The number of hydrogen-bond acceptors (Lipinski definition) is 7. The highest BCUT2D eigenvalue weighted by molar-refractivity contribution is 6.50. The van der Waals surface area contributed by atoms with Crippen molar-refractivity contribution in [2.75, 3.05) is 6.54 Å². The summed E-state index contributed by atoms with van der Waals surface area (Å²) in [5, 5.41) is 8.56. The molecule has 48 heavy (non-hydrogen) atoms. The molecule has 4 aliphatic rings. The van der Waals surface area contributed by atoms with Crippen LogP contribution in [-0.4, -0.2) is 71.0 Å². The van der Waals surface area contributed by atoms with Gasteiger partial charge in [0.1, 0.15) is 22.4 Å². The van der Waals surface area contributed by atoms with Crippen molar-refractivity contribution in [3.8, 4) is 11.1 Å². The van der Waals surface area contributed by atoms with E-state index in [0.717, 1.165) is 54.3 Å². The normalized spacial score (nSPS) is 27.6. The van der Waals surface area contributed by atoms with E-state index < -0.39 is 10.4 Å². The minimum Gasteiger partial charge on any atom is -0.355 e. The van der Waals surface area contributed by atoms with Crippen LogP contribution in [0.15, 0.2) is 24.5 Å². The molecule has 254 valence electrons. The Morgan fingerprint density at radius 3 is 2.42 bits per heavy atom. The minimum absolute atomic E-state index is 0.000384. The van der Waals surface area contributed by atoms with Crippen molar-refractivity contribution in [1.29, 1.82) is 0 Å². The van der Waals surface area contributed by atoms with E-state index in [1.54, 1.807) is 22.0 Å². The lowest BCUT2D eigenvalue weighted by atomic mass is 9.91. The zero-order valence-corrected chi connectivity index (χ0v) is 29.2. The predicted octanol–water partition coefficient (Wildman–Crippen LogP) is 5.78.